The number of nitrogens with two attached hydrogens (primary N) is 1. The average Bonchev–Trinajstić information content (AvgIpc) is 3.51. The van der Waals surface area contributed by atoms with Crippen LogP contribution in [0.5, 0.6) is 0 Å². The number of nitrogens with zero attached hydrogens (tertiary/aromatic N) is 3. The third-order valence-corrected chi connectivity index (χ3v) is 8.89. The molecule has 0 spiro atoms. The fourth-order valence-corrected chi connectivity index (χ4v) is 7.69. The molecular weight excluding hydrogens is 431 g/mol. The first kappa shape index (κ1) is 18.5. The third-order valence-electron chi connectivity index (χ3n) is 7.94. The van der Waals surface area contributed by atoms with E-state index in [1.54, 1.807) is 16.8 Å². The molecule has 2 fully saturated rings. The molecule has 32 heavy (non-hydrogen) atoms. The van der Waals surface area contributed by atoms with Crippen LogP contribution in [-0.2, 0) is 0 Å². The van der Waals surface area contributed by atoms with Crippen LogP contribution in [-0.4, -0.2) is 41.2 Å². The minimum Gasteiger partial charge on any atom is -0.477 e. The summed E-state index contributed by atoms with van der Waals surface area (Å²) in [6.45, 7) is 1.34. The maximum atomic E-state index is 15.7. The van der Waals surface area contributed by atoms with Crippen molar-refractivity contribution in [1.29, 1.82) is 0 Å². The number of carbonyl (C=O) groups is 1. The number of allylic oxidation sites excluding steroid dienone is 1. The van der Waals surface area contributed by atoms with Crippen molar-refractivity contribution in [2.75, 3.05) is 25.0 Å². The van der Waals surface area contributed by atoms with Crippen LogP contribution >= 0.6 is 11.3 Å². The number of benzene rings is 1. The summed E-state index contributed by atoms with van der Waals surface area (Å²) in [5, 5.41) is 12.7. The predicted octanol–water partition coefficient (Wildman–Crippen LogP) is 2.25. The highest BCUT2D eigenvalue weighted by molar-refractivity contribution is 7.16. The second-order valence-electron chi connectivity index (χ2n) is 9.34. The number of rotatable bonds is 2. The summed E-state index contributed by atoms with van der Waals surface area (Å²) < 4.78 is 17.5. The van der Waals surface area contributed by atoms with Gasteiger partial charge in [0.15, 0.2) is 0 Å². The molecular formula is C23H19FN4O3S. The van der Waals surface area contributed by atoms with Crippen LogP contribution in [0.25, 0.3) is 26.6 Å². The molecule has 1 saturated heterocycles. The van der Waals surface area contributed by atoms with E-state index < -0.39 is 17.2 Å². The highest BCUT2D eigenvalue weighted by atomic mass is 32.1. The number of hydrogen-bond donors (Lipinski definition) is 2. The summed E-state index contributed by atoms with van der Waals surface area (Å²) in [5.41, 5.74) is 7.01. The molecule has 7 rings (SSSR count). The van der Waals surface area contributed by atoms with Crippen molar-refractivity contribution in [3.05, 3.63) is 50.6 Å². The van der Waals surface area contributed by atoms with Gasteiger partial charge < -0.3 is 15.7 Å². The van der Waals surface area contributed by atoms with E-state index in [0.717, 1.165) is 6.42 Å². The Morgan fingerprint density at radius 3 is 2.94 bits per heavy atom. The number of thiazole rings is 1. The Kier molecular flexibility index (Phi) is 3.27. The number of halogens is 1. The zero-order valence-electron chi connectivity index (χ0n) is 17.1. The number of pyridine rings is 1. The van der Waals surface area contributed by atoms with Gasteiger partial charge in [-0.15, -0.1) is 11.3 Å². The van der Waals surface area contributed by atoms with Crippen LogP contribution in [0.2, 0.25) is 0 Å². The van der Waals surface area contributed by atoms with Crippen molar-refractivity contribution in [3.8, 4) is 0 Å². The van der Waals surface area contributed by atoms with Gasteiger partial charge in [-0.25, -0.2) is 9.18 Å². The fraction of sp³-hybridized carbons (Fsp3) is 0.348. The molecule has 4 unspecified atom stereocenters. The lowest BCUT2D eigenvalue weighted by Gasteiger charge is -2.28. The molecule has 4 atom stereocenters. The molecule has 9 heteroatoms. The van der Waals surface area contributed by atoms with Crippen molar-refractivity contribution in [2.45, 2.75) is 12.0 Å². The summed E-state index contributed by atoms with van der Waals surface area (Å²) >= 11 is 1.19. The van der Waals surface area contributed by atoms with Gasteiger partial charge in [0.2, 0.25) is 5.43 Å². The van der Waals surface area contributed by atoms with E-state index >= 15 is 4.39 Å². The van der Waals surface area contributed by atoms with E-state index in [4.69, 9.17) is 5.73 Å². The highest BCUT2D eigenvalue weighted by Crippen LogP contribution is 2.54. The Hall–Kier alpha value is -3.04. The molecule has 1 aliphatic heterocycles. The summed E-state index contributed by atoms with van der Waals surface area (Å²) in [6, 6.07) is 1.20. The van der Waals surface area contributed by atoms with Crippen molar-refractivity contribution < 1.29 is 14.3 Å². The highest BCUT2D eigenvalue weighted by Gasteiger charge is 2.56. The number of anilines is 1. The van der Waals surface area contributed by atoms with E-state index in [2.05, 4.69) is 22.0 Å². The molecule has 162 valence electrons. The SMILES string of the molecule is CN=c1c2c(N3CC4C5C=CC(N)(C5)C4C3)c(F)cc3c(=O)c(C(=O)O)c4scc1n4c32. The second kappa shape index (κ2) is 5.65. The van der Waals surface area contributed by atoms with Crippen LogP contribution in [0.15, 0.2) is 33.4 Å². The topological polar surface area (TPSA) is 100 Å². The minimum atomic E-state index is -1.31. The molecule has 3 aromatic heterocycles. The third kappa shape index (κ3) is 1.93. The monoisotopic (exact) mass is 450 g/mol. The van der Waals surface area contributed by atoms with Gasteiger partial charge in [-0.3, -0.25) is 14.2 Å². The zero-order chi connectivity index (χ0) is 22.1. The number of fused-ring (bicyclic) bond motifs is 5. The van der Waals surface area contributed by atoms with E-state index in [1.807, 2.05) is 0 Å². The molecule has 2 bridgehead atoms. The van der Waals surface area contributed by atoms with Gasteiger partial charge in [-0.2, -0.15) is 0 Å². The largest absolute Gasteiger partial charge is 0.477 e. The van der Waals surface area contributed by atoms with Gasteiger partial charge in [0.25, 0.3) is 0 Å². The molecule has 1 saturated carbocycles. The second-order valence-corrected chi connectivity index (χ2v) is 10.2. The van der Waals surface area contributed by atoms with E-state index in [1.165, 1.54) is 17.4 Å². The molecule has 0 radical (unpaired) electrons. The Morgan fingerprint density at radius 1 is 1.41 bits per heavy atom. The van der Waals surface area contributed by atoms with E-state index in [0.29, 0.717) is 57.2 Å². The molecule has 7 nitrogen and oxygen atoms in total. The number of carboxylic acid groups (broad SMARTS) is 1. The lowest BCUT2D eigenvalue weighted by molar-refractivity contribution is 0.0697. The summed E-state index contributed by atoms with van der Waals surface area (Å²) in [6.07, 6.45) is 5.27. The van der Waals surface area contributed by atoms with Crippen molar-refractivity contribution in [2.24, 2.45) is 28.5 Å². The summed E-state index contributed by atoms with van der Waals surface area (Å²) in [5.74, 6) is -0.785. The van der Waals surface area contributed by atoms with Gasteiger partial charge in [0.1, 0.15) is 16.2 Å². The van der Waals surface area contributed by atoms with E-state index in [-0.39, 0.29) is 22.4 Å². The normalized spacial score (nSPS) is 29.5. The van der Waals surface area contributed by atoms with Crippen molar-refractivity contribution in [1.82, 2.24) is 4.40 Å². The number of hydrogen-bond acceptors (Lipinski definition) is 6. The Balaban J connectivity index is 1.55. The van der Waals surface area contributed by atoms with E-state index in [9.17, 15) is 14.7 Å². The maximum absolute atomic E-state index is 15.7. The molecule has 4 heterocycles. The van der Waals surface area contributed by atoms with Crippen LogP contribution in [0, 0.1) is 23.6 Å². The Labute approximate surface area is 184 Å². The minimum absolute atomic E-state index is 0.0749. The lowest BCUT2D eigenvalue weighted by atomic mass is 9.82. The molecule has 2 aliphatic carbocycles. The first-order valence-electron chi connectivity index (χ1n) is 10.6. The van der Waals surface area contributed by atoms with Gasteiger partial charge in [-0.05, 0) is 24.3 Å². The van der Waals surface area contributed by atoms with Crippen molar-refractivity contribution >= 4 is 49.6 Å². The van der Waals surface area contributed by atoms with Gasteiger partial charge >= 0.3 is 5.97 Å². The predicted molar refractivity (Wildman–Crippen MR) is 121 cm³/mol. The van der Waals surface area contributed by atoms with Gasteiger partial charge in [0.05, 0.1) is 32.9 Å². The van der Waals surface area contributed by atoms with Crippen LogP contribution < -0.4 is 21.4 Å². The van der Waals surface area contributed by atoms with Crippen LogP contribution in [0.4, 0.5) is 10.1 Å². The van der Waals surface area contributed by atoms with Crippen LogP contribution in [0.1, 0.15) is 16.8 Å². The lowest BCUT2D eigenvalue weighted by Crippen LogP contribution is -2.43. The standard InChI is InChI=1S/C23H19FN4O3S/c1-26-17-14-8-32-21-16(22(30)31)20(29)10-4-13(24)19(15(17)18(10)28(14)21)27-6-11-9-2-3-23(25,5-9)12(11)7-27/h2-4,8-9,11-12H,5-7,25H2,1H3,(H,30,31). The Bertz CT molecular complexity index is 1640. The smallest absolute Gasteiger partial charge is 0.342 e. The Morgan fingerprint density at radius 2 is 2.22 bits per heavy atom. The average molecular weight is 450 g/mol. The zero-order valence-corrected chi connectivity index (χ0v) is 17.9. The van der Waals surface area contributed by atoms with Crippen molar-refractivity contribution in [3.63, 3.8) is 0 Å². The quantitative estimate of drug-likeness (QED) is 0.457. The summed E-state index contributed by atoms with van der Waals surface area (Å²) in [4.78, 5) is 31.8. The molecule has 3 aliphatic rings. The fourth-order valence-electron chi connectivity index (χ4n) is 6.65. The molecule has 3 N–H and O–H groups in total. The first-order chi connectivity index (χ1) is 15.3. The first-order valence-corrected chi connectivity index (χ1v) is 11.5. The number of aromatic carboxylic acids is 1. The molecule has 1 aromatic carbocycles. The number of carboxylic acids is 1. The summed E-state index contributed by atoms with van der Waals surface area (Å²) in [7, 11) is 1.64. The maximum Gasteiger partial charge on any atom is 0.342 e. The molecule has 4 aromatic rings. The van der Waals surface area contributed by atoms with Gasteiger partial charge in [0, 0.05) is 37.0 Å². The van der Waals surface area contributed by atoms with Crippen LogP contribution in [0.3, 0.4) is 0 Å². The molecule has 0 amide bonds. The van der Waals surface area contributed by atoms with Gasteiger partial charge in [-0.1, -0.05) is 12.2 Å². The number of aromatic nitrogens is 1.